The van der Waals surface area contributed by atoms with Crippen LogP contribution in [0.1, 0.15) is 24.0 Å². The highest BCUT2D eigenvalue weighted by molar-refractivity contribution is 7.89. The van der Waals surface area contributed by atoms with Crippen molar-refractivity contribution in [1.82, 2.24) is 9.29 Å². The summed E-state index contributed by atoms with van der Waals surface area (Å²) in [4.78, 5) is 28.2. The number of fused-ring (bicyclic) bond motifs is 2. The summed E-state index contributed by atoms with van der Waals surface area (Å²) in [6, 6.07) is 10.0. The van der Waals surface area contributed by atoms with Crippen LogP contribution in [0.15, 0.2) is 50.5 Å². The van der Waals surface area contributed by atoms with E-state index in [-0.39, 0.29) is 36.2 Å². The van der Waals surface area contributed by atoms with Crippen molar-refractivity contribution in [2.45, 2.75) is 37.3 Å². The first-order chi connectivity index (χ1) is 14.8. The van der Waals surface area contributed by atoms with E-state index in [2.05, 4.69) is 4.98 Å². The molecule has 0 atom stereocenters. The lowest BCUT2D eigenvalue weighted by atomic mass is 10.00. The summed E-state index contributed by atoms with van der Waals surface area (Å²) in [5.41, 5.74) is 3.46. The number of carbonyl (C=O) groups is 1. The first-order valence-corrected chi connectivity index (χ1v) is 11.5. The first-order valence-electron chi connectivity index (χ1n) is 10.0. The van der Waals surface area contributed by atoms with E-state index in [1.165, 1.54) is 22.5 Å². The van der Waals surface area contributed by atoms with Gasteiger partial charge in [-0.3, -0.25) is 9.88 Å². The highest BCUT2D eigenvalue weighted by Crippen LogP contribution is 2.35. The summed E-state index contributed by atoms with van der Waals surface area (Å²) in [5, 5.41) is 0. The standard InChI is InChI=1S/C21H21N3O6S/c1-13-3-2-4-14-12-29-21(26)24(19(13)14)15-7-9-23(10-8-15)31(27,28)16-5-6-17-18(11-16)30-20(25)22-17/h2-6,11,15H,7-10,12H2,1H3,(H,22,25). The molecule has 1 aromatic heterocycles. The summed E-state index contributed by atoms with van der Waals surface area (Å²) in [6.07, 6.45) is 0.587. The largest absolute Gasteiger partial charge is 0.444 e. The van der Waals surface area contributed by atoms with Crippen LogP contribution < -0.4 is 10.7 Å². The number of aromatic nitrogens is 1. The third kappa shape index (κ3) is 3.31. The Morgan fingerprint density at radius 2 is 1.87 bits per heavy atom. The smallest absolute Gasteiger partial charge is 0.417 e. The number of hydrogen-bond acceptors (Lipinski definition) is 6. The Morgan fingerprint density at radius 1 is 1.10 bits per heavy atom. The second-order valence-electron chi connectivity index (χ2n) is 7.81. The molecule has 1 saturated heterocycles. The van der Waals surface area contributed by atoms with Gasteiger partial charge in [-0.1, -0.05) is 18.2 Å². The lowest BCUT2D eigenvalue weighted by molar-refractivity contribution is 0.135. The van der Waals surface area contributed by atoms with Crippen LogP contribution >= 0.6 is 0 Å². The fraction of sp³-hybridized carbons (Fsp3) is 0.333. The fourth-order valence-corrected chi connectivity index (χ4v) is 5.87. The Hall–Kier alpha value is -3.11. The summed E-state index contributed by atoms with van der Waals surface area (Å²) in [5.74, 6) is -0.630. The monoisotopic (exact) mass is 443 g/mol. The van der Waals surface area contributed by atoms with Gasteiger partial charge < -0.3 is 9.15 Å². The average molecular weight is 443 g/mol. The average Bonchev–Trinajstić information content (AvgIpc) is 3.13. The zero-order chi connectivity index (χ0) is 21.8. The van der Waals surface area contributed by atoms with E-state index in [1.54, 1.807) is 4.90 Å². The van der Waals surface area contributed by atoms with Crippen molar-refractivity contribution < 1.29 is 22.4 Å². The topological polar surface area (TPSA) is 113 Å². The molecule has 1 fully saturated rings. The summed E-state index contributed by atoms with van der Waals surface area (Å²) >= 11 is 0. The Morgan fingerprint density at radius 3 is 2.65 bits per heavy atom. The molecule has 0 spiro atoms. The lowest BCUT2D eigenvalue weighted by Crippen LogP contribution is -2.50. The number of sulfonamides is 1. The van der Waals surface area contributed by atoms with Crippen LogP contribution in [0.5, 0.6) is 0 Å². The maximum absolute atomic E-state index is 13.1. The molecule has 9 nitrogen and oxygen atoms in total. The van der Waals surface area contributed by atoms with Crippen molar-refractivity contribution in [3.8, 4) is 0 Å². The second-order valence-corrected chi connectivity index (χ2v) is 9.75. The van der Waals surface area contributed by atoms with Crippen LogP contribution in [-0.2, 0) is 21.4 Å². The molecule has 0 radical (unpaired) electrons. The van der Waals surface area contributed by atoms with Crippen molar-refractivity contribution in [1.29, 1.82) is 0 Å². The van der Waals surface area contributed by atoms with Gasteiger partial charge in [0, 0.05) is 30.8 Å². The van der Waals surface area contributed by atoms with Gasteiger partial charge in [0.05, 0.1) is 16.1 Å². The molecular formula is C21H21N3O6S. The molecule has 10 heteroatoms. The maximum atomic E-state index is 13.1. The van der Waals surface area contributed by atoms with E-state index in [0.29, 0.717) is 18.4 Å². The molecule has 31 heavy (non-hydrogen) atoms. The number of cyclic esters (lactones) is 1. The van der Waals surface area contributed by atoms with Crippen LogP contribution in [-0.4, -0.2) is 42.9 Å². The van der Waals surface area contributed by atoms with Gasteiger partial charge in [0.25, 0.3) is 0 Å². The van der Waals surface area contributed by atoms with Crippen molar-refractivity contribution in [3.63, 3.8) is 0 Å². The molecular weight excluding hydrogens is 422 g/mol. The number of aryl methyl sites for hydroxylation is 1. The number of rotatable bonds is 3. The van der Waals surface area contributed by atoms with E-state index >= 15 is 0 Å². The van der Waals surface area contributed by atoms with Gasteiger partial charge in [0.2, 0.25) is 10.0 Å². The number of hydrogen-bond donors (Lipinski definition) is 1. The molecule has 0 bridgehead atoms. The SMILES string of the molecule is Cc1cccc2c1N(C1CCN(S(=O)(=O)c3ccc4[nH]c(=O)oc4c3)CC1)C(=O)OC2. The van der Waals surface area contributed by atoms with Crippen molar-refractivity contribution >= 4 is 32.9 Å². The molecule has 1 amide bonds. The summed E-state index contributed by atoms with van der Waals surface area (Å²) in [6.45, 7) is 2.75. The third-order valence-corrected chi connectivity index (χ3v) is 7.82. The number of anilines is 1. The van der Waals surface area contributed by atoms with E-state index < -0.39 is 21.9 Å². The van der Waals surface area contributed by atoms with E-state index in [1.807, 2.05) is 25.1 Å². The minimum atomic E-state index is -3.76. The van der Waals surface area contributed by atoms with Gasteiger partial charge >= 0.3 is 11.8 Å². The van der Waals surface area contributed by atoms with Crippen LogP contribution in [0.4, 0.5) is 10.5 Å². The molecule has 162 valence electrons. The lowest BCUT2D eigenvalue weighted by Gasteiger charge is -2.40. The highest BCUT2D eigenvalue weighted by Gasteiger charge is 2.37. The molecule has 2 aliphatic heterocycles. The molecule has 3 aromatic rings. The molecule has 1 N–H and O–H groups in total. The summed E-state index contributed by atoms with van der Waals surface area (Å²) < 4.78 is 38.0. The Labute approximate surface area is 178 Å². The second kappa shape index (κ2) is 7.24. The minimum absolute atomic E-state index is 0.0692. The van der Waals surface area contributed by atoms with E-state index in [0.717, 1.165) is 16.8 Å². The van der Waals surface area contributed by atoms with Crippen molar-refractivity contribution in [2.75, 3.05) is 18.0 Å². The van der Waals surface area contributed by atoms with Crippen LogP contribution in [0.25, 0.3) is 11.1 Å². The zero-order valence-electron chi connectivity index (χ0n) is 16.8. The minimum Gasteiger partial charge on any atom is -0.444 e. The maximum Gasteiger partial charge on any atom is 0.417 e. The molecule has 0 unspecified atom stereocenters. The highest BCUT2D eigenvalue weighted by atomic mass is 32.2. The molecule has 3 heterocycles. The molecule has 0 aliphatic carbocycles. The number of ether oxygens (including phenoxy) is 1. The Balaban J connectivity index is 1.38. The Bertz CT molecular complexity index is 1330. The normalized spacial score (nSPS) is 18.2. The van der Waals surface area contributed by atoms with Crippen molar-refractivity contribution in [2.24, 2.45) is 0 Å². The number of nitrogens with one attached hydrogen (secondary N) is 1. The fourth-order valence-electron chi connectivity index (χ4n) is 4.39. The van der Waals surface area contributed by atoms with Gasteiger partial charge in [-0.05, 0) is 37.5 Å². The Kier molecular flexibility index (Phi) is 4.63. The number of piperidine rings is 1. The van der Waals surface area contributed by atoms with Gasteiger partial charge in [-0.2, -0.15) is 4.31 Å². The molecule has 5 rings (SSSR count). The number of para-hydroxylation sites is 1. The number of H-pyrrole nitrogens is 1. The number of nitrogens with zero attached hydrogens (tertiary/aromatic N) is 2. The first kappa shape index (κ1) is 19.8. The van der Waals surface area contributed by atoms with Gasteiger partial charge in [-0.15, -0.1) is 0 Å². The van der Waals surface area contributed by atoms with Gasteiger partial charge in [0.1, 0.15) is 6.61 Å². The predicted molar refractivity (Wildman–Crippen MR) is 112 cm³/mol. The number of amides is 1. The van der Waals surface area contributed by atoms with Crippen LogP contribution in [0.2, 0.25) is 0 Å². The van der Waals surface area contributed by atoms with E-state index in [4.69, 9.17) is 9.15 Å². The number of carbonyl (C=O) groups excluding carboxylic acids is 1. The number of aromatic amines is 1. The van der Waals surface area contributed by atoms with Gasteiger partial charge in [-0.25, -0.2) is 18.0 Å². The van der Waals surface area contributed by atoms with E-state index in [9.17, 15) is 18.0 Å². The number of benzene rings is 2. The van der Waals surface area contributed by atoms with Gasteiger partial charge in [0.15, 0.2) is 5.58 Å². The zero-order valence-corrected chi connectivity index (χ0v) is 17.6. The van der Waals surface area contributed by atoms with Crippen molar-refractivity contribution in [3.05, 3.63) is 58.1 Å². The third-order valence-electron chi connectivity index (χ3n) is 5.93. The number of oxazole rings is 1. The van der Waals surface area contributed by atoms with Crippen LogP contribution in [0.3, 0.4) is 0 Å². The summed E-state index contributed by atoms with van der Waals surface area (Å²) in [7, 11) is -3.76. The molecule has 0 saturated carbocycles. The molecule has 2 aromatic carbocycles. The quantitative estimate of drug-likeness (QED) is 0.666. The molecule has 2 aliphatic rings. The predicted octanol–water partition coefficient (Wildman–Crippen LogP) is 2.74. The van der Waals surface area contributed by atoms with Crippen LogP contribution in [0, 0.1) is 6.92 Å².